The number of aliphatic hydroxyl groups excluding tert-OH is 1. The molecular formula is C11H21N3O. The van der Waals surface area contributed by atoms with Crippen molar-refractivity contribution in [2.75, 3.05) is 19.7 Å². The van der Waals surface area contributed by atoms with Gasteiger partial charge in [0.1, 0.15) is 5.84 Å². The number of rotatable bonds is 2. The molecule has 2 rings (SSSR count). The van der Waals surface area contributed by atoms with Gasteiger partial charge in [-0.2, -0.15) is 0 Å². The molecule has 2 aliphatic rings. The first kappa shape index (κ1) is 10.9. The maximum atomic E-state index is 9.12. The van der Waals surface area contributed by atoms with E-state index in [2.05, 4.69) is 9.89 Å². The Morgan fingerprint density at radius 2 is 2.27 bits per heavy atom. The van der Waals surface area contributed by atoms with Gasteiger partial charge in [0, 0.05) is 32.5 Å². The van der Waals surface area contributed by atoms with Crippen LogP contribution in [0.3, 0.4) is 0 Å². The van der Waals surface area contributed by atoms with Crippen LogP contribution in [0.4, 0.5) is 0 Å². The number of aliphatic imine (C=N–C) groups is 1. The molecule has 1 atom stereocenters. The molecule has 0 radical (unpaired) electrons. The minimum atomic E-state index is -0.343. The summed E-state index contributed by atoms with van der Waals surface area (Å²) in [5, 5.41) is 9.12. The van der Waals surface area contributed by atoms with Crippen LogP contribution < -0.4 is 5.73 Å². The van der Waals surface area contributed by atoms with Crippen LogP contribution in [-0.2, 0) is 0 Å². The van der Waals surface area contributed by atoms with E-state index in [4.69, 9.17) is 10.8 Å². The third-order valence-electron chi connectivity index (χ3n) is 3.49. The van der Waals surface area contributed by atoms with E-state index < -0.39 is 0 Å². The summed E-state index contributed by atoms with van der Waals surface area (Å²) in [6.45, 7) is 2.12. The van der Waals surface area contributed by atoms with Crippen molar-refractivity contribution in [3.05, 3.63) is 0 Å². The molecule has 2 aliphatic heterocycles. The fraction of sp³-hybridized carbons (Fsp3) is 0.909. The van der Waals surface area contributed by atoms with E-state index in [0.29, 0.717) is 6.42 Å². The van der Waals surface area contributed by atoms with Gasteiger partial charge in [-0.3, -0.25) is 4.99 Å². The molecule has 4 nitrogen and oxygen atoms in total. The lowest BCUT2D eigenvalue weighted by atomic mass is 9.99. The van der Waals surface area contributed by atoms with Crippen LogP contribution in [0.2, 0.25) is 0 Å². The molecule has 1 saturated heterocycles. The van der Waals surface area contributed by atoms with Crippen LogP contribution >= 0.6 is 0 Å². The van der Waals surface area contributed by atoms with Crippen LogP contribution in [0.25, 0.3) is 0 Å². The lowest BCUT2D eigenvalue weighted by molar-refractivity contribution is 0.116. The van der Waals surface area contributed by atoms with E-state index in [-0.39, 0.29) is 12.3 Å². The first-order valence-electron chi connectivity index (χ1n) is 5.97. The van der Waals surface area contributed by atoms with Gasteiger partial charge in [-0.25, -0.2) is 0 Å². The van der Waals surface area contributed by atoms with Crippen LogP contribution in [0.1, 0.15) is 38.5 Å². The van der Waals surface area contributed by atoms with Crippen molar-refractivity contribution < 1.29 is 5.11 Å². The topological polar surface area (TPSA) is 61.9 Å². The second-order valence-corrected chi connectivity index (χ2v) is 4.59. The normalized spacial score (nSPS) is 31.9. The zero-order chi connectivity index (χ0) is 10.7. The molecule has 2 heterocycles. The summed E-state index contributed by atoms with van der Waals surface area (Å²) in [7, 11) is 0. The fourth-order valence-electron chi connectivity index (χ4n) is 2.65. The molecule has 3 N–H and O–H groups in total. The fourth-order valence-corrected chi connectivity index (χ4v) is 2.65. The summed E-state index contributed by atoms with van der Waals surface area (Å²) < 4.78 is 0. The van der Waals surface area contributed by atoms with E-state index >= 15 is 0 Å². The third kappa shape index (κ3) is 2.16. The van der Waals surface area contributed by atoms with Gasteiger partial charge in [-0.1, -0.05) is 0 Å². The molecule has 0 amide bonds. The molecule has 0 aromatic heterocycles. The predicted molar refractivity (Wildman–Crippen MR) is 60.7 cm³/mol. The molecule has 0 aliphatic carbocycles. The van der Waals surface area contributed by atoms with Crippen LogP contribution in [0.15, 0.2) is 4.99 Å². The van der Waals surface area contributed by atoms with E-state index in [1.54, 1.807) is 0 Å². The van der Waals surface area contributed by atoms with Crippen molar-refractivity contribution in [3.63, 3.8) is 0 Å². The standard InChI is InChI=1S/C11H21N3O/c12-11(6-9-15)5-2-1-4-10-13-7-3-8-14(10)11/h15H,1-9,12H2. The Hall–Kier alpha value is -0.610. The number of nitrogens with two attached hydrogens (primary N) is 1. The smallest absolute Gasteiger partial charge is 0.100 e. The summed E-state index contributed by atoms with van der Waals surface area (Å²) in [6.07, 6.45) is 6.11. The second-order valence-electron chi connectivity index (χ2n) is 4.59. The molecule has 15 heavy (non-hydrogen) atoms. The average Bonchev–Trinajstić information content (AvgIpc) is 2.40. The van der Waals surface area contributed by atoms with Crippen molar-refractivity contribution in [1.82, 2.24) is 4.90 Å². The second kappa shape index (κ2) is 4.49. The zero-order valence-electron chi connectivity index (χ0n) is 9.28. The summed E-state index contributed by atoms with van der Waals surface area (Å²) >= 11 is 0. The summed E-state index contributed by atoms with van der Waals surface area (Å²) in [5.41, 5.74) is 6.07. The van der Waals surface area contributed by atoms with Crippen LogP contribution in [0, 0.1) is 0 Å². The first-order chi connectivity index (χ1) is 7.26. The van der Waals surface area contributed by atoms with E-state index in [1.165, 1.54) is 12.3 Å². The third-order valence-corrected chi connectivity index (χ3v) is 3.49. The molecule has 4 heteroatoms. The maximum absolute atomic E-state index is 9.12. The Labute approximate surface area is 91.2 Å². The number of nitrogens with zero attached hydrogens (tertiary/aromatic N) is 2. The lowest BCUT2D eigenvalue weighted by Crippen LogP contribution is -2.59. The highest BCUT2D eigenvalue weighted by atomic mass is 16.3. The Kier molecular flexibility index (Phi) is 3.26. The molecule has 0 saturated carbocycles. The molecule has 86 valence electrons. The van der Waals surface area contributed by atoms with Crippen LogP contribution in [-0.4, -0.2) is 41.2 Å². The maximum Gasteiger partial charge on any atom is 0.100 e. The molecule has 0 aromatic rings. The molecule has 1 unspecified atom stereocenters. The summed E-state index contributed by atoms with van der Waals surface area (Å²) in [5.74, 6) is 1.18. The SMILES string of the molecule is NC1(CCO)CCCCC2=NCCCN21. The van der Waals surface area contributed by atoms with Gasteiger partial charge >= 0.3 is 0 Å². The monoisotopic (exact) mass is 211 g/mol. The van der Waals surface area contributed by atoms with Crippen molar-refractivity contribution >= 4 is 5.84 Å². The number of hydrogen-bond donors (Lipinski definition) is 2. The number of aliphatic hydroxyl groups is 1. The van der Waals surface area contributed by atoms with Gasteiger partial charge in [0.2, 0.25) is 0 Å². The number of fused-ring (bicyclic) bond motifs is 1. The van der Waals surface area contributed by atoms with Crippen LogP contribution in [0.5, 0.6) is 0 Å². The summed E-state index contributed by atoms with van der Waals surface area (Å²) in [6, 6.07) is 0. The largest absolute Gasteiger partial charge is 0.396 e. The molecule has 0 spiro atoms. The Bertz CT molecular complexity index is 254. The Balaban J connectivity index is 2.20. The quantitative estimate of drug-likeness (QED) is 0.707. The van der Waals surface area contributed by atoms with E-state index in [1.807, 2.05) is 0 Å². The average molecular weight is 211 g/mol. The van der Waals surface area contributed by atoms with Crippen molar-refractivity contribution in [3.8, 4) is 0 Å². The number of hydrogen-bond acceptors (Lipinski definition) is 4. The molecule has 0 aromatic carbocycles. The van der Waals surface area contributed by atoms with Crippen molar-refractivity contribution in [1.29, 1.82) is 0 Å². The predicted octanol–water partition coefficient (Wildman–Crippen LogP) is 0.702. The van der Waals surface area contributed by atoms with E-state index in [0.717, 1.165) is 38.8 Å². The Morgan fingerprint density at radius 1 is 1.40 bits per heavy atom. The van der Waals surface area contributed by atoms with Gasteiger partial charge in [-0.05, 0) is 25.7 Å². The molecule has 0 bridgehead atoms. The lowest BCUT2D eigenvalue weighted by Gasteiger charge is -2.43. The highest BCUT2D eigenvalue weighted by molar-refractivity contribution is 5.83. The van der Waals surface area contributed by atoms with Crippen molar-refractivity contribution in [2.45, 2.75) is 44.2 Å². The van der Waals surface area contributed by atoms with Gasteiger partial charge in [0.25, 0.3) is 0 Å². The highest BCUT2D eigenvalue weighted by Crippen LogP contribution is 2.28. The minimum absolute atomic E-state index is 0.167. The number of amidine groups is 1. The molecular weight excluding hydrogens is 190 g/mol. The van der Waals surface area contributed by atoms with Gasteiger partial charge in [0.15, 0.2) is 0 Å². The van der Waals surface area contributed by atoms with Crippen molar-refractivity contribution in [2.24, 2.45) is 10.7 Å². The first-order valence-corrected chi connectivity index (χ1v) is 5.97. The molecule has 1 fully saturated rings. The van der Waals surface area contributed by atoms with Gasteiger partial charge in [-0.15, -0.1) is 0 Å². The Morgan fingerprint density at radius 3 is 3.07 bits per heavy atom. The van der Waals surface area contributed by atoms with E-state index in [9.17, 15) is 0 Å². The zero-order valence-corrected chi connectivity index (χ0v) is 9.28. The van der Waals surface area contributed by atoms with Gasteiger partial charge in [0.05, 0.1) is 5.66 Å². The minimum Gasteiger partial charge on any atom is -0.396 e. The van der Waals surface area contributed by atoms with Gasteiger partial charge < -0.3 is 15.7 Å². The summed E-state index contributed by atoms with van der Waals surface area (Å²) in [4.78, 5) is 6.82. The highest BCUT2D eigenvalue weighted by Gasteiger charge is 2.36.